The Morgan fingerprint density at radius 1 is 1.25 bits per heavy atom. The van der Waals surface area contributed by atoms with Crippen LogP contribution >= 0.6 is 22.6 Å². The number of nitrogens with one attached hydrogen (secondary N) is 1. The monoisotopic (exact) mass is 466 g/mol. The molecule has 0 bridgehead atoms. The predicted molar refractivity (Wildman–Crippen MR) is 108 cm³/mol. The van der Waals surface area contributed by atoms with Crippen LogP contribution in [0.2, 0.25) is 0 Å². The molecule has 0 spiro atoms. The molecule has 0 aromatic heterocycles. The van der Waals surface area contributed by atoms with Gasteiger partial charge >= 0.3 is 0 Å². The van der Waals surface area contributed by atoms with Gasteiger partial charge in [0.25, 0.3) is 0 Å². The highest BCUT2D eigenvalue weighted by atomic mass is 127. The summed E-state index contributed by atoms with van der Waals surface area (Å²) < 4.78 is 26.2. The Labute approximate surface area is 159 Å². The molecule has 1 N–H and O–H groups in total. The Morgan fingerprint density at radius 3 is 2.38 bits per heavy atom. The second-order valence-corrected chi connectivity index (χ2v) is 9.12. The lowest BCUT2D eigenvalue weighted by Crippen LogP contribution is -2.41. The van der Waals surface area contributed by atoms with Crippen LogP contribution in [0.1, 0.15) is 39.5 Å². The Bertz CT molecular complexity index is 617. The van der Waals surface area contributed by atoms with Gasteiger partial charge in [0.2, 0.25) is 15.9 Å². The summed E-state index contributed by atoms with van der Waals surface area (Å²) in [5, 5.41) is 2.88. The number of halogens is 1. The molecule has 1 unspecified atom stereocenters. The SMILES string of the molecule is CCCCC(CC)CNC(=O)CN(c1ccc(I)cc1)S(C)(=O)=O. The zero-order valence-corrected chi connectivity index (χ0v) is 17.6. The largest absolute Gasteiger partial charge is 0.354 e. The van der Waals surface area contributed by atoms with Gasteiger partial charge in [0.15, 0.2) is 0 Å². The first kappa shape index (κ1) is 21.2. The minimum absolute atomic E-state index is 0.191. The number of anilines is 1. The van der Waals surface area contributed by atoms with E-state index in [1.807, 2.05) is 12.1 Å². The summed E-state index contributed by atoms with van der Waals surface area (Å²) in [5.74, 6) is 0.174. The molecule has 1 atom stereocenters. The molecule has 7 heteroatoms. The molecule has 24 heavy (non-hydrogen) atoms. The van der Waals surface area contributed by atoms with Crippen molar-refractivity contribution in [3.63, 3.8) is 0 Å². The van der Waals surface area contributed by atoms with Gasteiger partial charge in [-0.25, -0.2) is 8.42 Å². The van der Waals surface area contributed by atoms with Gasteiger partial charge in [-0.2, -0.15) is 0 Å². The highest BCUT2D eigenvalue weighted by molar-refractivity contribution is 14.1. The number of amides is 1. The van der Waals surface area contributed by atoms with E-state index < -0.39 is 10.0 Å². The number of nitrogens with zero attached hydrogens (tertiary/aromatic N) is 1. The first-order chi connectivity index (χ1) is 11.3. The van der Waals surface area contributed by atoms with Crippen LogP contribution in [-0.4, -0.2) is 33.7 Å². The molecule has 0 fully saturated rings. The van der Waals surface area contributed by atoms with Crippen molar-refractivity contribution in [1.82, 2.24) is 5.32 Å². The van der Waals surface area contributed by atoms with Crippen LogP contribution in [0.25, 0.3) is 0 Å². The fraction of sp³-hybridized carbons (Fsp3) is 0.588. The number of carbonyl (C=O) groups is 1. The van der Waals surface area contributed by atoms with Crippen molar-refractivity contribution in [2.24, 2.45) is 5.92 Å². The van der Waals surface area contributed by atoms with Crippen molar-refractivity contribution in [1.29, 1.82) is 0 Å². The highest BCUT2D eigenvalue weighted by Crippen LogP contribution is 2.19. The van der Waals surface area contributed by atoms with Crippen molar-refractivity contribution in [2.45, 2.75) is 39.5 Å². The van der Waals surface area contributed by atoms with Gasteiger partial charge in [-0.15, -0.1) is 0 Å². The molecular weight excluding hydrogens is 439 g/mol. The van der Waals surface area contributed by atoms with Crippen LogP contribution < -0.4 is 9.62 Å². The third-order valence-electron chi connectivity index (χ3n) is 3.93. The minimum atomic E-state index is -3.51. The number of rotatable bonds is 10. The quantitative estimate of drug-likeness (QED) is 0.538. The smallest absolute Gasteiger partial charge is 0.240 e. The lowest BCUT2D eigenvalue weighted by molar-refractivity contribution is -0.119. The van der Waals surface area contributed by atoms with E-state index in [-0.39, 0.29) is 12.5 Å². The Morgan fingerprint density at radius 2 is 1.88 bits per heavy atom. The number of unbranched alkanes of at least 4 members (excludes halogenated alkanes) is 1. The summed E-state index contributed by atoms with van der Waals surface area (Å²) in [6, 6.07) is 7.08. The lowest BCUT2D eigenvalue weighted by atomic mass is 9.99. The van der Waals surface area contributed by atoms with Gasteiger partial charge in [-0.05, 0) is 59.2 Å². The average molecular weight is 466 g/mol. The van der Waals surface area contributed by atoms with Crippen LogP contribution in [-0.2, 0) is 14.8 Å². The van der Waals surface area contributed by atoms with E-state index in [4.69, 9.17) is 0 Å². The third kappa shape index (κ3) is 7.38. The van der Waals surface area contributed by atoms with Gasteiger partial charge in [-0.3, -0.25) is 9.10 Å². The van der Waals surface area contributed by atoms with E-state index in [9.17, 15) is 13.2 Å². The molecule has 0 aliphatic carbocycles. The number of benzene rings is 1. The first-order valence-electron chi connectivity index (χ1n) is 8.27. The van der Waals surface area contributed by atoms with E-state index in [0.29, 0.717) is 18.2 Å². The lowest BCUT2D eigenvalue weighted by Gasteiger charge is -2.23. The van der Waals surface area contributed by atoms with Gasteiger partial charge < -0.3 is 5.32 Å². The molecule has 1 rings (SSSR count). The predicted octanol–water partition coefficient (Wildman–Crippen LogP) is 3.39. The molecule has 0 radical (unpaired) electrons. The fourth-order valence-electron chi connectivity index (χ4n) is 2.40. The summed E-state index contributed by atoms with van der Waals surface area (Å²) in [4.78, 5) is 12.2. The molecular formula is C17H27IN2O3S. The summed E-state index contributed by atoms with van der Waals surface area (Å²) in [6.45, 7) is 4.67. The maximum absolute atomic E-state index is 12.2. The maximum Gasteiger partial charge on any atom is 0.240 e. The molecule has 136 valence electrons. The highest BCUT2D eigenvalue weighted by Gasteiger charge is 2.21. The normalized spacial score (nSPS) is 12.7. The van der Waals surface area contributed by atoms with Crippen LogP contribution in [0.3, 0.4) is 0 Å². The minimum Gasteiger partial charge on any atom is -0.354 e. The standard InChI is InChI=1S/C17H27IN2O3S/c1-4-6-7-14(5-2)12-19-17(21)13-20(24(3,22)23)16-10-8-15(18)9-11-16/h8-11,14H,4-7,12-13H2,1-3H3,(H,19,21). The summed E-state index contributed by atoms with van der Waals surface area (Å²) in [5.41, 5.74) is 0.506. The summed E-state index contributed by atoms with van der Waals surface area (Å²) in [7, 11) is -3.51. The van der Waals surface area contributed by atoms with Crippen LogP contribution in [0.4, 0.5) is 5.69 Å². The average Bonchev–Trinajstić information content (AvgIpc) is 2.53. The second-order valence-electron chi connectivity index (χ2n) is 5.97. The van der Waals surface area contributed by atoms with Gasteiger partial charge in [0, 0.05) is 10.1 Å². The van der Waals surface area contributed by atoms with E-state index >= 15 is 0 Å². The van der Waals surface area contributed by atoms with Crippen molar-refractivity contribution in [2.75, 3.05) is 23.7 Å². The zero-order valence-electron chi connectivity index (χ0n) is 14.6. The topological polar surface area (TPSA) is 66.5 Å². The molecule has 0 saturated carbocycles. The van der Waals surface area contributed by atoms with Crippen molar-refractivity contribution >= 4 is 44.2 Å². The number of hydrogen-bond donors (Lipinski definition) is 1. The third-order valence-corrected chi connectivity index (χ3v) is 5.79. The van der Waals surface area contributed by atoms with Gasteiger partial charge in [0.1, 0.15) is 6.54 Å². The number of carbonyl (C=O) groups excluding carboxylic acids is 1. The number of hydrogen-bond acceptors (Lipinski definition) is 3. The van der Waals surface area contributed by atoms with E-state index in [2.05, 4.69) is 41.8 Å². The van der Waals surface area contributed by atoms with E-state index in [1.54, 1.807) is 12.1 Å². The Hall–Kier alpha value is -0.830. The first-order valence-corrected chi connectivity index (χ1v) is 11.2. The second kappa shape index (κ2) is 10.2. The molecule has 0 aliphatic heterocycles. The molecule has 5 nitrogen and oxygen atoms in total. The molecule has 0 aliphatic rings. The van der Waals surface area contributed by atoms with E-state index in [1.165, 1.54) is 0 Å². The van der Waals surface area contributed by atoms with Crippen molar-refractivity contribution in [3.8, 4) is 0 Å². The molecule has 1 amide bonds. The molecule has 0 heterocycles. The Kier molecular flexibility index (Phi) is 9.04. The zero-order chi connectivity index (χ0) is 18.2. The molecule has 0 saturated heterocycles. The Balaban J connectivity index is 2.70. The molecule has 1 aromatic rings. The fourth-order valence-corrected chi connectivity index (χ4v) is 3.61. The van der Waals surface area contributed by atoms with Crippen molar-refractivity contribution in [3.05, 3.63) is 27.8 Å². The van der Waals surface area contributed by atoms with Gasteiger partial charge in [-0.1, -0.05) is 33.1 Å². The van der Waals surface area contributed by atoms with Crippen LogP contribution in [0, 0.1) is 9.49 Å². The van der Waals surface area contributed by atoms with E-state index in [0.717, 1.165) is 39.8 Å². The van der Waals surface area contributed by atoms with Crippen molar-refractivity contribution < 1.29 is 13.2 Å². The van der Waals surface area contributed by atoms with Crippen LogP contribution in [0.5, 0.6) is 0 Å². The molecule has 1 aromatic carbocycles. The summed E-state index contributed by atoms with van der Waals surface area (Å²) >= 11 is 2.15. The number of sulfonamides is 1. The van der Waals surface area contributed by atoms with Crippen LogP contribution in [0.15, 0.2) is 24.3 Å². The summed E-state index contributed by atoms with van der Waals surface area (Å²) in [6.07, 6.45) is 5.49. The maximum atomic E-state index is 12.2. The van der Waals surface area contributed by atoms with Gasteiger partial charge in [0.05, 0.1) is 11.9 Å².